The zero-order chi connectivity index (χ0) is 28.2. The first kappa shape index (κ1) is 27.8. The smallest absolute Gasteiger partial charge is 0.271 e. The molecule has 2 aliphatic rings. The molecule has 2 saturated heterocycles. The van der Waals surface area contributed by atoms with E-state index in [4.69, 9.17) is 23.2 Å². The highest BCUT2D eigenvalue weighted by molar-refractivity contribution is 6.40. The fourth-order valence-electron chi connectivity index (χ4n) is 5.12. The Hall–Kier alpha value is -3.73. The summed E-state index contributed by atoms with van der Waals surface area (Å²) < 4.78 is 0. The number of imide groups is 1. The number of nitrogens with one attached hydrogen (secondary N) is 4. The lowest BCUT2D eigenvalue weighted by atomic mass is 9.89. The molecule has 0 radical (unpaired) electrons. The fraction of sp³-hybridized carbons (Fsp3) is 0.321. The molecule has 0 saturated carbocycles. The van der Waals surface area contributed by atoms with Crippen molar-refractivity contribution in [2.45, 2.75) is 44.2 Å². The van der Waals surface area contributed by atoms with Crippen molar-refractivity contribution in [3.8, 4) is 0 Å². The number of nitrogens with zero attached hydrogens (tertiary/aromatic N) is 2. The number of hydrogen-bond acceptors (Lipinski definition) is 6. The number of anilines is 1. The van der Waals surface area contributed by atoms with Gasteiger partial charge in [0.15, 0.2) is 0 Å². The van der Waals surface area contributed by atoms with Gasteiger partial charge in [-0.2, -0.15) is 5.10 Å². The highest BCUT2D eigenvalue weighted by Gasteiger charge is 2.28. The van der Waals surface area contributed by atoms with Crippen LogP contribution >= 0.6 is 23.2 Å². The first-order valence-corrected chi connectivity index (χ1v) is 13.8. The standard InChI is InChI=1S/C28H28Cl2N6O4/c29-20-5-2-6-21(30)24(20)27(39)33-22-14-31-35-25(22)28(40)32-18-9-11-36(12-10-18)15-16-3-1-4-17(13-16)19-7-8-23(37)34-26(19)38/h1-6,13-14,18-19H,7-12,15H2,(H,31,35)(H,32,40)(H,33,39)(H,34,37,38). The summed E-state index contributed by atoms with van der Waals surface area (Å²) in [7, 11) is 0. The Morgan fingerprint density at radius 1 is 1.00 bits per heavy atom. The molecular weight excluding hydrogens is 555 g/mol. The van der Waals surface area contributed by atoms with Crippen LogP contribution in [-0.4, -0.2) is 57.9 Å². The number of carbonyl (C=O) groups excluding carboxylic acids is 4. The van der Waals surface area contributed by atoms with E-state index in [0.717, 1.165) is 43.6 Å². The molecular formula is C28H28Cl2N6O4. The number of aromatic amines is 1. The van der Waals surface area contributed by atoms with Crippen molar-refractivity contribution in [1.82, 2.24) is 25.7 Å². The number of rotatable bonds is 7. The molecule has 0 bridgehead atoms. The van der Waals surface area contributed by atoms with Crippen molar-refractivity contribution in [1.29, 1.82) is 0 Å². The molecule has 4 amide bonds. The van der Waals surface area contributed by atoms with Crippen molar-refractivity contribution >= 4 is 52.5 Å². The third-order valence-electron chi connectivity index (χ3n) is 7.23. The first-order valence-electron chi connectivity index (χ1n) is 13.0. The zero-order valence-electron chi connectivity index (χ0n) is 21.5. The van der Waals surface area contributed by atoms with Gasteiger partial charge in [0, 0.05) is 32.1 Å². The van der Waals surface area contributed by atoms with Crippen molar-refractivity contribution < 1.29 is 19.2 Å². The maximum atomic E-state index is 13.0. The van der Waals surface area contributed by atoms with E-state index in [9.17, 15) is 19.2 Å². The Bertz CT molecular complexity index is 1430. The van der Waals surface area contributed by atoms with Gasteiger partial charge < -0.3 is 10.6 Å². The average molecular weight is 583 g/mol. The van der Waals surface area contributed by atoms with Crippen molar-refractivity contribution in [3.05, 3.63) is 81.1 Å². The minimum Gasteiger partial charge on any atom is -0.348 e. The van der Waals surface area contributed by atoms with Crippen LogP contribution in [0.2, 0.25) is 10.0 Å². The normalized spacial score (nSPS) is 18.3. The lowest BCUT2D eigenvalue weighted by Crippen LogP contribution is -2.44. The van der Waals surface area contributed by atoms with Gasteiger partial charge in [-0.1, -0.05) is 53.5 Å². The third kappa shape index (κ3) is 6.35. The van der Waals surface area contributed by atoms with Gasteiger partial charge in [0.05, 0.1) is 33.4 Å². The van der Waals surface area contributed by atoms with Crippen LogP contribution in [0.5, 0.6) is 0 Å². The molecule has 1 atom stereocenters. The molecule has 10 nitrogen and oxygen atoms in total. The number of benzene rings is 2. The quantitative estimate of drug-likeness (QED) is 0.312. The predicted octanol–water partition coefficient (Wildman–Crippen LogP) is 3.88. The van der Waals surface area contributed by atoms with E-state index in [1.807, 2.05) is 24.3 Å². The van der Waals surface area contributed by atoms with E-state index in [-0.39, 0.29) is 56.7 Å². The largest absolute Gasteiger partial charge is 0.348 e. The Balaban J connectivity index is 1.14. The van der Waals surface area contributed by atoms with Crippen LogP contribution in [0.25, 0.3) is 0 Å². The number of hydrogen-bond donors (Lipinski definition) is 4. The van der Waals surface area contributed by atoms with E-state index < -0.39 is 5.91 Å². The van der Waals surface area contributed by atoms with Crippen LogP contribution < -0.4 is 16.0 Å². The molecule has 3 heterocycles. The van der Waals surface area contributed by atoms with Gasteiger partial charge in [0.2, 0.25) is 11.8 Å². The van der Waals surface area contributed by atoms with E-state index in [1.165, 1.54) is 6.20 Å². The van der Waals surface area contributed by atoms with Crippen molar-refractivity contribution in [3.63, 3.8) is 0 Å². The van der Waals surface area contributed by atoms with Gasteiger partial charge in [0.1, 0.15) is 5.69 Å². The van der Waals surface area contributed by atoms with Crippen LogP contribution in [-0.2, 0) is 16.1 Å². The second-order valence-electron chi connectivity index (χ2n) is 9.98. The van der Waals surface area contributed by atoms with Crippen molar-refractivity contribution in [2.24, 2.45) is 0 Å². The SMILES string of the molecule is O=C1CCC(c2cccc(CN3CCC(NC(=O)c4[nH]ncc4NC(=O)c4c(Cl)cccc4Cl)CC3)c2)C(=O)N1. The van der Waals surface area contributed by atoms with E-state index in [2.05, 4.69) is 31.0 Å². The van der Waals surface area contributed by atoms with E-state index >= 15 is 0 Å². The van der Waals surface area contributed by atoms with Gasteiger partial charge in [-0.15, -0.1) is 0 Å². The molecule has 1 unspecified atom stereocenters. The zero-order valence-corrected chi connectivity index (χ0v) is 23.0. The first-order chi connectivity index (χ1) is 19.3. The number of amides is 4. The number of aromatic nitrogens is 2. The summed E-state index contributed by atoms with van der Waals surface area (Å²) in [5.74, 6) is -1.67. The summed E-state index contributed by atoms with van der Waals surface area (Å²) in [6, 6.07) is 12.7. The van der Waals surface area contributed by atoms with Crippen molar-refractivity contribution in [2.75, 3.05) is 18.4 Å². The fourth-order valence-corrected chi connectivity index (χ4v) is 5.69. The van der Waals surface area contributed by atoms with Gasteiger partial charge >= 0.3 is 0 Å². The Morgan fingerprint density at radius 3 is 2.45 bits per heavy atom. The molecule has 12 heteroatoms. The van der Waals surface area contributed by atoms with Gasteiger partial charge in [-0.25, -0.2) is 0 Å². The molecule has 1 aromatic heterocycles. The molecule has 2 fully saturated rings. The van der Waals surface area contributed by atoms with Gasteiger partial charge in [-0.05, 0) is 42.5 Å². The van der Waals surface area contributed by atoms with Gasteiger partial charge in [0.25, 0.3) is 11.8 Å². The Kier molecular flexibility index (Phi) is 8.49. The predicted molar refractivity (Wildman–Crippen MR) is 150 cm³/mol. The summed E-state index contributed by atoms with van der Waals surface area (Å²) >= 11 is 12.3. The van der Waals surface area contributed by atoms with Crippen LogP contribution in [0.3, 0.4) is 0 Å². The second kappa shape index (κ2) is 12.2. The summed E-state index contributed by atoms with van der Waals surface area (Å²) in [5.41, 5.74) is 2.51. The van der Waals surface area contributed by atoms with E-state index in [0.29, 0.717) is 12.8 Å². The number of H-pyrrole nitrogens is 1. The molecule has 0 spiro atoms. The monoisotopic (exact) mass is 582 g/mol. The van der Waals surface area contributed by atoms with Crippen LogP contribution in [0.4, 0.5) is 5.69 Å². The summed E-state index contributed by atoms with van der Waals surface area (Å²) in [4.78, 5) is 51.8. The minimum absolute atomic E-state index is 0.0385. The summed E-state index contributed by atoms with van der Waals surface area (Å²) in [6.07, 6.45) is 3.74. The number of halogens is 2. The van der Waals surface area contributed by atoms with Crippen LogP contribution in [0.1, 0.15) is 63.6 Å². The Morgan fingerprint density at radius 2 is 1.73 bits per heavy atom. The number of likely N-dealkylation sites (tertiary alicyclic amines) is 1. The summed E-state index contributed by atoms with van der Waals surface area (Å²) in [5, 5.41) is 15.1. The molecule has 4 N–H and O–H groups in total. The third-order valence-corrected chi connectivity index (χ3v) is 7.86. The minimum atomic E-state index is -0.541. The molecule has 40 heavy (non-hydrogen) atoms. The maximum absolute atomic E-state index is 13.0. The molecule has 0 aliphatic carbocycles. The highest BCUT2D eigenvalue weighted by Crippen LogP contribution is 2.27. The van der Waals surface area contributed by atoms with Crippen LogP contribution in [0.15, 0.2) is 48.7 Å². The average Bonchev–Trinajstić information content (AvgIpc) is 3.38. The topological polar surface area (TPSA) is 136 Å². The highest BCUT2D eigenvalue weighted by atomic mass is 35.5. The molecule has 2 aromatic carbocycles. The lowest BCUT2D eigenvalue weighted by Gasteiger charge is -2.32. The van der Waals surface area contributed by atoms with Crippen LogP contribution in [0, 0.1) is 0 Å². The number of piperidine rings is 2. The number of carbonyl (C=O) groups is 4. The molecule has 5 rings (SSSR count). The van der Waals surface area contributed by atoms with E-state index in [1.54, 1.807) is 18.2 Å². The Labute approximate surface area is 240 Å². The second-order valence-corrected chi connectivity index (χ2v) is 10.8. The maximum Gasteiger partial charge on any atom is 0.271 e. The van der Waals surface area contributed by atoms with Gasteiger partial charge in [-0.3, -0.25) is 34.5 Å². The molecule has 2 aliphatic heterocycles. The summed E-state index contributed by atoms with van der Waals surface area (Å²) in [6.45, 7) is 2.29. The lowest BCUT2D eigenvalue weighted by molar-refractivity contribution is -0.134. The molecule has 208 valence electrons. The molecule has 3 aromatic rings.